The molecule has 0 aliphatic heterocycles. The first-order valence-electron chi connectivity index (χ1n) is 5.60. The minimum absolute atomic E-state index is 0.0837. The summed E-state index contributed by atoms with van der Waals surface area (Å²) in [5, 5.41) is 3.62. The van der Waals surface area contributed by atoms with Crippen LogP contribution in [0.4, 0.5) is 0 Å². The largest absolute Gasteiger partial charge is 0.353 e. The highest BCUT2D eigenvalue weighted by Gasteiger charge is 2.23. The Morgan fingerprint density at radius 2 is 2.29 bits per heavy atom. The molecule has 1 aliphatic carbocycles. The average Bonchev–Trinajstić information content (AvgIpc) is 3.10. The van der Waals surface area contributed by atoms with E-state index in [1.54, 1.807) is 0 Å². The lowest BCUT2D eigenvalue weighted by molar-refractivity contribution is -0.118. The van der Waals surface area contributed by atoms with Crippen LogP contribution in [0.25, 0.3) is 0 Å². The van der Waals surface area contributed by atoms with E-state index in [1.807, 2.05) is 18.2 Å². The number of rotatable bonds is 5. The highest BCUT2D eigenvalue weighted by molar-refractivity contribution is 8.00. The Balaban J connectivity index is 1.93. The second kappa shape index (κ2) is 5.76. The fourth-order valence-corrected chi connectivity index (χ4v) is 2.73. The minimum atomic E-state index is 0.0837. The molecule has 17 heavy (non-hydrogen) atoms. The summed E-state index contributed by atoms with van der Waals surface area (Å²) >= 11 is 7.53. The summed E-state index contributed by atoms with van der Waals surface area (Å²) in [6, 6.07) is 6.06. The van der Waals surface area contributed by atoms with Crippen LogP contribution in [0.15, 0.2) is 23.1 Å². The van der Waals surface area contributed by atoms with Crippen molar-refractivity contribution in [2.24, 2.45) is 5.73 Å². The van der Waals surface area contributed by atoms with Crippen LogP contribution in [0, 0.1) is 0 Å². The average molecular weight is 271 g/mol. The summed E-state index contributed by atoms with van der Waals surface area (Å²) in [7, 11) is 0. The summed E-state index contributed by atoms with van der Waals surface area (Å²) in [5.41, 5.74) is 6.57. The third-order valence-electron chi connectivity index (χ3n) is 2.58. The molecule has 5 heteroatoms. The number of carbonyl (C=O) groups excluding carboxylic acids is 1. The van der Waals surface area contributed by atoms with Gasteiger partial charge in [-0.3, -0.25) is 4.79 Å². The lowest BCUT2D eigenvalue weighted by Gasteiger charge is -2.09. The van der Waals surface area contributed by atoms with Crippen molar-refractivity contribution in [2.45, 2.75) is 30.3 Å². The molecule has 0 radical (unpaired) electrons. The van der Waals surface area contributed by atoms with E-state index in [9.17, 15) is 4.79 Å². The van der Waals surface area contributed by atoms with Crippen LogP contribution in [-0.2, 0) is 11.3 Å². The molecule has 1 fully saturated rings. The number of nitrogens with two attached hydrogens (primary N) is 1. The Labute approximate surface area is 110 Å². The molecule has 0 saturated heterocycles. The van der Waals surface area contributed by atoms with Crippen molar-refractivity contribution in [3.05, 3.63) is 28.8 Å². The molecule has 0 heterocycles. The lowest BCUT2D eigenvalue weighted by Crippen LogP contribution is -2.27. The highest BCUT2D eigenvalue weighted by Crippen LogP contribution is 2.28. The molecule has 2 rings (SSSR count). The van der Waals surface area contributed by atoms with Crippen LogP contribution in [0.3, 0.4) is 0 Å². The molecule has 1 aromatic carbocycles. The summed E-state index contributed by atoms with van der Waals surface area (Å²) in [6.07, 6.45) is 2.23. The van der Waals surface area contributed by atoms with E-state index in [-0.39, 0.29) is 5.91 Å². The summed E-state index contributed by atoms with van der Waals surface area (Å²) in [6.45, 7) is 0.395. The Morgan fingerprint density at radius 3 is 2.94 bits per heavy atom. The topological polar surface area (TPSA) is 55.1 Å². The number of hydrogen-bond donors (Lipinski definition) is 2. The van der Waals surface area contributed by atoms with Gasteiger partial charge in [-0.2, -0.15) is 0 Å². The molecular weight excluding hydrogens is 256 g/mol. The van der Waals surface area contributed by atoms with E-state index in [1.165, 1.54) is 11.8 Å². The number of carbonyl (C=O) groups is 1. The van der Waals surface area contributed by atoms with Crippen molar-refractivity contribution < 1.29 is 4.79 Å². The van der Waals surface area contributed by atoms with Crippen LogP contribution in [-0.4, -0.2) is 17.7 Å². The van der Waals surface area contributed by atoms with Crippen LogP contribution in [0.1, 0.15) is 18.4 Å². The third-order valence-corrected chi connectivity index (χ3v) is 4.04. The predicted molar refractivity (Wildman–Crippen MR) is 71.2 cm³/mol. The van der Waals surface area contributed by atoms with Crippen LogP contribution >= 0.6 is 23.4 Å². The Morgan fingerprint density at radius 1 is 1.53 bits per heavy atom. The molecule has 0 unspecified atom stereocenters. The predicted octanol–water partition coefficient (Wildman–Crippen LogP) is 2.17. The fraction of sp³-hybridized carbons (Fsp3) is 0.417. The monoisotopic (exact) mass is 270 g/mol. The first-order chi connectivity index (χ1) is 8.20. The smallest absolute Gasteiger partial charge is 0.230 e. The third kappa shape index (κ3) is 3.63. The van der Waals surface area contributed by atoms with Gasteiger partial charge in [0, 0.05) is 22.5 Å². The molecule has 1 amide bonds. The summed E-state index contributed by atoms with van der Waals surface area (Å²) < 4.78 is 0. The molecule has 0 aromatic heterocycles. The van der Waals surface area contributed by atoms with Crippen molar-refractivity contribution in [3.63, 3.8) is 0 Å². The summed E-state index contributed by atoms with van der Waals surface area (Å²) in [4.78, 5) is 12.5. The van der Waals surface area contributed by atoms with Gasteiger partial charge in [-0.1, -0.05) is 17.7 Å². The molecule has 0 bridgehead atoms. The molecule has 3 nitrogen and oxygen atoms in total. The van der Waals surface area contributed by atoms with Gasteiger partial charge in [-0.15, -0.1) is 11.8 Å². The molecular formula is C12H15ClN2OS. The molecule has 1 aromatic rings. The van der Waals surface area contributed by atoms with E-state index in [0.29, 0.717) is 23.4 Å². The second-order valence-electron chi connectivity index (χ2n) is 4.05. The summed E-state index contributed by atoms with van der Waals surface area (Å²) in [5.74, 6) is 0.504. The minimum Gasteiger partial charge on any atom is -0.353 e. The molecule has 0 spiro atoms. The number of nitrogens with one attached hydrogen (secondary N) is 1. The van der Waals surface area contributed by atoms with E-state index < -0.39 is 0 Å². The van der Waals surface area contributed by atoms with Crippen LogP contribution in [0.2, 0.25) is 5.02 Å². The maximum atomic E-state index is 11.6. The van der Waals surface area contributed by atoms with E-state index >= 15 is 0 Å². The van der Waals surface area contributed by atoms with Gasteiger partial charge in [0.15, 0.2) is 0 Å². The zero-order chi connectivity index (χ0) is 12.3. The Kier molecular flexibility index (Phi) is 4.31. The standard InChI is InChI=1S/C12H15ClN2OS/c13-10-2-1-3-11(9(10)6-14)17-7-12(16)15-8-4-5-8/h1-3,8H,4-7,14H2,(H,15,16). The van der Waals surface area contributed by atoms with Gasteiger partial charge in [-0.05, 0) is 30.5 Å². The number of hydrogen-bond acceptors (Lipinski definition) is 3. The molecule has 3 N–H and O–H groups in total. The SMILES string of the molecule is NCc1c(Cl)cccc1SCC(=O)NC1CC1. The number of thioether (sulfide) groups is 1. The van der Waals surface area contributed by atoms with E-state index in [2.05, 4.69) is 5.32 Å². The maximum Gasteiger partial charge on any atom is 0.230 e. The van der Waals surface area contributed by atoms with Crippen molar-refractivity contribution in [1.82, 2.24) is 5.32 Å². The van der Waals surface area contributed by atoms with E-state index in [4.69, 9.17) is 17.3 Å². The number of amides is 1. The zero-order valence-electron chi connectivity index (χ0n) is 9.41. The van der Waals surface area contributed by atoms with Crippen LogP contribution < -0.4 is 11.1 Å². The van der Waals surface area contributed by atoms with Gasteiger partial charge in [0.25, 0.3) is 0 Å². The maximum absolute atomic E-state index is 11.6. The van der Waals surface area contributed by atoms with Gasteiger partial charge < -0.3 is 11.1 Å². The van der Waals surface area contributed by atoms with Gasteiger partial charge in [0.1, 0.15) is 0 Å². The quantitative estimate of drug-likeness (QED) is 0.807. The van der Waals surface area contributed by atoms with Crippen molar-refractivity contribution >= 4 is 29.3 Å². The fourth-order valence-electron chi connectivity index (χ4n) is 1.51. The van der Waals surface area contributed by atoms with Gasteiger partial charge in [-0.25, -0.2) is 0 Å². The first kappa shape index (κ1) is 12.7. The van der Waals surface area contributed by atoms with Gasteiger partial charge in [0.2, 0.25) is 5.91 Å². The first-order valence-corrected chi connectivity index (χ1v) is 6.96. The highest BCUT2D eigenvalue weighted by atomic mass is 35.5. The molecule has 0 atom stereocenters. The zero-order valence-corrected chi connectivity index (χ0v) is 11.0. The number of halogens is 1. The van der Waals surface area contributed by atoms with Gasteiger partial charge >= 0.3 is 0 Å². The molecule has 1 aliphatic rings. The lowest BCUT2D eigenvalue weighted by atomic mass is 10.2. The Bertz CT molecular complexity index is 421. The molecule has 92 valence electrons. The normalized spacial score (nSPS) is 14.7. The van der Waals surface area contributed by atoms with Gasteiger partial charge in [0.05, 0.1) is 5.75 Å². The van der Waals surface area contributed by atoms with E-state index in [0.717, 1.165) is 23.3 Å². The number of benzene rings is 1. The van der Waals surface area contributed by atoms with Crippen LogP contribution in [0.5, 0.6) is 0 Å². The van der Waals surface area contributed by atoms with Crippen molar-refractivity contribution in [3.8, 4) is 0 Å². The Hall–Kier alpha value is -0.710. The molecule has 1 saturated carbocycles. The van der Waals surface area contributed by atoms with Crippen molar-refractivity contribution in [2.75, 3.05) is 5.75 Å². The second-order valence-corrected chi connectivity index (χ2v) is 5.48. The van der Waals surface area contributed by atoms with Crippen molar-refractivity contribution in [1.29, 1.82) is 0 Å².